The average Bonchev–Trinajstić information content (AvgIpc) is 3.28. The Morgan fingerprint density at radius 2 is 1.39 bits per heavy atom. The summed E-state index contributed by atoms with van der Waals surface area (Å²) in [5.41, 5.74) is 3.51. The first kappa shape index (κ1) is 23.2. The topological polar surface area (TPSA) is 35.0 Å². The highest BCUT2D eigenvalue weighted by Crippen LogP contribution is 2.28. The smallest absolute Gasteiger partial charge is 0.147 e. The molecule has 0 atom stereocenters. The maximum absolute atomic E-state index is 5.82. The van der Waals surface area contributed by atoms with Gasteiger partial charge in [0, 0.05) is 12.0 Å². The minimum Gasteiger partial charge on any atom is -0.490 e. The number of rotatable bonds is 13. The molecular weight excluding hydrogens is 400 g/mol. The molecule has 2 aromatic carbocycles. The Hall–Kier alpha value is -2.46. The van der Waals surface area contributed by atoms with Gasteiger partial charge in [-0.05, 0) is 42.5 Å². The third-order valence-electron chi connectivity index (χ3n) is 5.27. The number of hydrogen-bond acceptors (Lipinski definition) is 4. The van der Waals surface area contributed by atoms with Gasteiger partial charge in [0.1, 0.15) is 22.4 Å². The number of aromatic nitrogens is 2. The predicted molar refractivity (Wildman–Crippen MR) is 133 cm³/mol. The highest BCUT2D eigenvalue weighted by molar-refractivity contribution is 7.14. The van der Waals surface area contributed by atoms with Crippen molar-refractivity contribution in [1.29, 1.82) is 0 Å². The first-order valence-electron chi connectivity index (χ1n) is 11.6. The van der Waals surface area contributed by atoms with E-state index in [-0.39, 0.29) is 0 Å². The lowest BCUT2D eigenvalue weighted by Gasteiger charge is -2.06. The Morgan fingerprint density at radius 1 is 0.742 bits per heavy atom. The zero-order valence-corrected chi connectivity index (χ0v) is 19.7. The highest BCUT2D eigenvalue weighted by Gasteiger charge is 2.07. The van der Waals surface area contributed by atoms with Crippen molar-refractivity contribution in [3.8, 4) is 27.4 Å². The Labute approximate surface area is 191 Å². The lowest BCUT2D eigenvalue weighted by Crippen LogP contribution is -1.93. The maximum atomic E-state index is 5.82. The quantitative estimate of drug-likeness (QED) is 0.201. The van der Waals surface area contributed by atoms with Crippen molar-refractivity contribution >= 4 is 11.3 Å². The molecule has 0 saturated heterocycles. The molecule has 164 valence electrons. The van der Waals surface area contributed by atoms with Gasteiger partial charge in [-0.3, -0.25) is 0 Å². The zero-order chi connectivity index (χ0) is 21.7. The molecule has 1 heterocycles. The number of hydrogen-bond donors (Lipinski definition) is 0. The first-order chi connectivity index (χ1) is 15.3. The van der Waals surface area contributed by atoms with Crippen LogP contribution in [0.15, 0.2) is 60.7 Å². The highest BCUT2D eigenvalue weighted by atomic mass is 32.1. The normalized spacial score (nSPS) is 11.3. The molecule has 0 amide bonds. The van der Waals surface area contributed by atoms with Crippen LogP contribution in [-0.4, -0.2) is 16.8 Å². The van der Waals surface area contributed by atoms with Gasteiger partial charge < -0.3 is 4.74 Å². The van der Waals surface area contributed by atoms with E-state index in [1.54, 1.807) is 11.3 Å². The van der Waals surface area contributed by atoms with Crippen LogP contribution in [0.5, 0.6) is 5.75 Å². The van der Waals surface area contributed by atoms with Gasteiger partial charge in [-0.2, -0.15) is 0 Å². The minimum absolute atomic E-state index is 0.627. The van der Waals surface area contributed by atoms with Crippen LogP contribution in [0, 0.1) is 0 Å². The third-order valence-corrected chi connectivity index (χ3v) is 6.30. The second kappa shape index (κ2) is 13.1. The van der Waals surface area contributed by atoms with Gasteiger partial charge in [0.2, 0.25) is 0 Å². The summed E-state index contributed by atoms with van der Waals surface area (Å²) in [5.74, 6) is 0.906. The third kappa shape index (κ3) is 7.62. The molecular formula is C27H34N2OS. The fraction of sp³-hybridized carbons (Fsp3) is 0.407. The van der Waals surface area contributed by atoms with Crippen LogP contribution < -0.4 is 4.74 Å². The zero-order valence-electron chi connectivity index (χ0n) is 18.8. The van der Waals surface area contributed by atoms with Gasteiger partial charge in [0.15, 0.2) is 0 Å². The summed E-state index contributed by atoms with van der Waals surface area (Å²) in [7, 11) is 0. The summed E-state index contributed by atoms with van der Waals surface area (Å²) >= 11 is 1.71. The van der Waals surface area contributed by atoms with Gasteiger partial charge in [0.25, 0.3) is 0 Å². The molecule has 0 aliphatic heterocycles. The largest absolute Gasteiger partial charge is 0.490 e. The van der Waals surface area contributed by atoms with Gasteiger partial charge in [-0.25, -0.2) is 0 Å². The number of aryl methyl sites for hydroxylation is 1. The number of benzene rings is 2. The molecule has 31 heavy (non-hydrogen) atoms. The summed E-state index contributed by atoms with van der Waals surface area (Å²) in [6, 6.07) is 16.9. The van der Waals surface area contributed by atoms with E-state index in [1.807, 2.05) is 12.1 Å². The lowest BCUT2D eigenvalue weighted by atomic mass is 10.0. The van der Waals surface area contributed by atoms with Crippen LogP contribution >= 0.6 is 11.3 Å². The summed E-state index contributed by atoms with van der Waals surface area (Å²) in [6.45, 7) is 5.08. The Morgan fingerprint density at radius 3 is 2.10 bits per heavy atom. The molecule has 4 heteroatoms. The summed E-state index contributed by atoms with van der Waals surface area (Å²) < 4.78 is 5.82. The molecule has 3 aromatic rings. The van der Waals surface area contributed by atoms with Crippen molar-refractivity contribution < 1.29 is 4.74 Å². The van der Waals surface area contributed by atoms with Crippen LogP contribution in [0.4, 0.5) is 0 Å². The molecule has 0 N–H and O–H groups in total. The van der Waals surface area contributed by atoms with Crippen molar-refractivity contribution in [2.24, 2.45) is 0 Å². The molecule has 0 fully saturated rings. The predicted octanol–water partition coefficient (Wildman–Crippen LogP) is 8.12. The molecule has 0 aliphatic carbocycles. The SMILES string of the molecule is CCCCC/C=C/COc1ccc(-c2ccc(-c3nnc(CCCCC)s3)cc2)cc1. The second-order valence-corrected chi connectivity index (χ2v) is 8.90. The molecule has 0 aliphatic rings. The van der Waals surface area contributed by atoms with Gasteiger partial charge in [-0.1, -0.05) is 99.4 Å². The van der Waals surface area contributed by atoms with Crippen molar-refractivity contribution in [3.63, 3.8) is 0 Å². The second-order valence-electron chi connectivity index (χ2n) is 7.84. The standard InChI is InChI=1S/C27H34N2OS/c1-3-5-7-8-9-11-21-30-25-19-17-23(18-20-25)22-13-15-24(16-14-22)27-29-28-26(31-27)12-10-6-4-2/h9,11,13-20H,3-8,10,12,21H2,1-2H3/b11-9+. The van der Waals surface area contributed by atoms with E-state index in [9.17, 15) is 0 Å². The fourth-order valence-corrected chi connectivity index (χ4v) is 4.28. The maximum Gasteiger partial charge on any atom is 0.147 e. The monoisotopic (exact) mass is 434 g/mol. The van der Waals surface area contributed by atoms with Crippen LogP contribution in [0.2, 0.25) is 0 Å². The fourth-order valence-electron chi connectivity index (χ4n) is 3.39. The van der Waals surface area contributed by atoms with E-state index in [2.05, 4.69) is 72.6 Å². The molecule has 0 spiro atoms. The molecule has 1 aromatic heterocycles. The number of nitrogens with zero attached hydrogens (tertiary/aromatic N) is 2. The molecule has 0 unspecified atom stereocenters. The van der Waals surface area contributed by atoms with E-state index < -0.39 is 0 Å². The molecule has 3 rings (SSSR count). The van der Waals surface area contributed by atoms with Crippen LogP contribution in [-0.2, 0) is 6.42 Å². The molecule has 0 saturated carbocycles. The van der Waals surface area contributed by atoms with Gasteiger partial charge in [0.05, 0.1) is 0 Å². The first-order valence-corrected chi connectivity index (χ1v) is 12.4. The van der Waals surface area contributed by atoms with Gasteiger partial charge >= 0.3 is 0 Å². The van der Waals surface area contributed by atoms with Crippen LogP contribution in [0.25, 0.3) is 21.7 Å². The number of ether oxygens (including phenoxy) is 1. The van der Waals surface area contributed by atoms with Crippen molar-refractivity contribution in [1.82, 2.24) is 10.2 Å². The van der Waals surface area contributed by atoms with Crippen LogP contribution in [0.3, 0.4) is 0 Å². The van der Waals surface area contributed by atoms with Gasteiger partial charge in [-0.15, -0.1) is 10.2 Å². The van der Waals surface area contributed by atoms with E-state index in [4.69, 9.17) is 4.74 Å². The Kier molecular flexibility index (Phi) is 9.78. The average molecular weight is 435 g/mol. The molecule has 0 radical (unpaired) electrons. The Balaban J connectivity index is 1.51. The van der Waals surface area contributed by atoms with Crippen molar-refractivity contribution in [2.45, 2.75) is 65.2 Å². The van der Waals surface area contributed by atoms with E-state index in [0.29, 0.717) is 6.61 Å². The van der Waals surface area contributed by atoms with E-state index in [1.165, 1.54) is 49.7 Å². The van der Waals surface area contributed by atoms with Crippen molar-refractivity contribution in [3.05, 3.63) is 65.7 Å². The van der Waals surface area contributed by atoms with Crippen molar-refractivity contribution in [2.75, 3.05) is 6.61 Å². The summed E-state index contributed by atoms with van der Waals surface area (Å²) in [5, 5.41) is 10.9. The lowest BCUT2D eigenvalue weighted by molar-refractivity contribution is 0.362. The van der Waals surface area contributed by atoms with Crippen LogP contribution in [0.1, 0.15) is 63.8 Å². The van der Waals surface area contributed by atoms with E-state index in [0.717, 1.165) is 34.2 Å². The van der Waals surface area contributed by atoms with E-state index >= 15 is 0 Å². The number of unbranched alkanes of at least 4 members (excludes halogenated alkanes) is 5. The minimum atomic E-state index is 0.627. The Bertz CT molecular complexity index is 913. The summed E-state index contributed by atoms with van der Waals surface area (Å²) in [4.78, 5) is 0. The number of allylic oxidation sites excluding steroid dienone is 1. The summed E-state index contributed by atoms with van der Waals surface area (Å²) in [6.07, 6.45) is 14.0. The molecule has 3 nitrogen and oxygen atoms in total. The molecule has 0 bridgehead atoms.